The summed E-state index contributed by atoms with van der Waals surface area (Å²) in [6.07, 6.45) is 3.72. The maximum atomic E-state index is 4.73. The van der Waals surface area contributed by atoms with Crippen LogP contribution in [0.5, 0.6) is 0 Å². The molecule has 4 rings (SSSR count). The molecule has 2 heterocycles. The summed E-state index contributed by atoms with van der Waals surface area (Å²) >= 11 is 1.72. The van der Waals surface area contributed by atoms with Crippen molar-refractivity contribution in [2.75, 3.05) is 0 Å². The quantitative estimate of drug-likeness (QED) is 0.519. The van der Waals surface area contributed by atoms with E-state index in [-0.39, 0.29) is 0 Å². The van der Waals surface area contributed by atoms with Crippen molar-refractivity contribution in [3.05, 3.63) is 78.2 Å². The Labute approximate surface area is 144 Å². The zero-order valence-electron chi connectivity index (χ0n) is 13.3. The first-order chi connectivity index (χ1) is 11.8. The molecule has 0 saturated heterocycles. The molecule has 0 aliphatic carbocycles. The molecule has 0 saturated carbocycles. The van der Waals surface area contributed by atoms with E-state index in [4.69, 9.17) is 4.98 Å². The van der Waals surface area contributed by atoms with Crippen molar-refractivity contribution >= 4 is 22.8 Å². The molecular weight excluding hydrogens is 316 g/mol. The van der Waals surface area contributed by atoms with Gasteiger partial charge in [0.15, 0.2) is 0 Å². The Morgan fingerprint density at radius 2 is 1.67 bits per heavy atom. The Bertz CT molecular complexity index is 963. The van der Waals surface area contributed by atoms with Gasteiger partial charge in [-0.05, 0) is 42.8 Å². The van der Waals surface area contributed by atoms with Crippen molar-refractivity contribution in [3.63, 3.8) is 0 Å². The third-order valence-corrected chi connectivity index (χ3v) is 4.92. The molecule has 0 aliphatic heterocycles. The number of para-hydroxylation sites is 2. The van der Waals surface area contributed by atoms with Crippen LogP contribution in [-0.2, 0) is 5.75 Å². The van der Waals surface area contributed by atoms with Gasteiger partial charge in [0.1, 0.15) is 5.03 Å². The van der Waals surface area contributed by atoms with E-state index in [1.54, 1.807) is 18.0 Å². The fraction of sp³-hybridized carbons (Fsp3) is 0.105. The van der Waals surface area contributed by atoms with Crippen molar-refractivity contribution < 1.29 is 0 Å². The van der Waals surface area contributed by atoms with Gasteiger partial charge >= 0.3 is 0 Å². The van der Waals surface area contributed by atoms with E-state index in [0.717, 1.165) is 33.2 Å². The Hall–Kier alpha value is -2.66. The first-order valence-electron chi connectivity index (χ1n) is 7.75. The number of nitrogens with zero attached hydrogens (tertiary/aromatic N) is 4. The zero-order valence-corrected chi connectivity index (χ0v) is 14.1. The number of rotatable bonds is 4. The van der Waals surface area contributed by atoms with Crippen LogP contribution >= 0.6 is 11.8 Å². The molecule has 5 heteroatoms. The maximum Gasteiger partial charge on any atom is 0.118 e. The molecule has 0 spiro atoms. The predicted molar refractivity (Wildman–Crippen MR) is 97.4 cm³/mol. The van der Waals surface area contributed by atoms with Gasteiger partial charge in [0.05, 0.1) is 22.4 Å². The summed E-state index contributed by atoms with van der Waals surface area (Å²) in [5, 5.41) is 5.23. The molecule has 0 unspecified atom stereocenters. The normalized spacial score (nSPS) is 11.0. The summed E-state index contributed by atoms with van der Waals surface area (Å²) in [6.45, 7) is 2.02. The van der Waals surface area contributed by atoms with E-state index in [2.05, 4.69) is 34.3 Å². The largest absolute Gasteiger partial charge is 0.249 e. The standard InChI is InChI=1S/C19H16N4S/c1-14-19(22-18-6-3-2-5-17(18)21-14)24-13-15-7-9-16(10-8-15)23-12-4-11-20-23/h2-12H,13H2,1H3. The lowest BCUT2D eigenvalue weighted by atomic mass is 10.2. The summed E-state index contributed by atoms with van der Waals surface area (Å²) in [7, 11) is 0. The minimum atomic E-state index is 0.868. The van der Waals surface area contributed by atoms with E-state index < -0.39 is 0 Å². The van der Waals surface area contributed by atoms with Gasteiger partial charge in [-0.25, -0.2) is 14.6 Å². The molecule has 0 fully saturated rings. The third-order valence-electron chi connectivity index (χ3n) is 3.78. The monoisotopic (exact) mass is 332 g/mol. The van der Waals surface area contributed by atoms with Gasteiger partial charge < -0.3 is 0 Å². The average molecular weight is 332 g/mol. The molecule has 0 N–H and O–H groups in total. The van der Waals surface area contributed by atoms with Crippen LogP contribution in [0.25, 0.3) is 16.7 Å². The molecule has 118 valence electrons. The molecule has 0 atom stereocenters. The van der Waals surface area contributed by atoms with Crippen molar-refractivity contribution in [1.82, 2.24) is 19.7 Å². The summed E-state index contributed by atoms with van der Waals surface area (Å²) in [5.74, 6) is 0.868. The van der Waals surface area contributed by atoms with Crippen LogP contribution < -0.4 is 0 Å². The van der Waals surface area contributed by atoms with E-state index in [0.29, 0.717) is 0 Å². The van der Waals surface area contributed by atoms with Gasteiger partial charge in [-0.2, -0.15) is 5.10 Å². The highest BCUT2D eigenvalue weighted by atomic mass is 32.2. The number of fused-ring (bicyclic) bond motifs is 1. The molecule has 2 aromatic carbocycles. The van der Waals surface area contributed by atoms with Crippen LogP contribution in [0.3, 0.4) is 0 Å². The van der Waals surface area contributed by atoms with E-state index >= 15 is 0 Å². The summed E-state index contributed by atoms with van der Waals surface area (Å²) in [5.41, 5.74) is 5.19. The van der Waals surface area contributed by atoms with E-state index in [9.17, 15) is 0 Å². The van der Waals surface area contributed by atoms with Gasteiger partial charge in [-0.3, -0.25) is 0 Å². The molecule has 4 nitrogen and oxygen atoms in total. The van der Waals surface area contributed by atoms with Crippen molar-refractivity contribution in [2.45, 2.75) is 17.7 Å². The lowest BCUT2D eigenvalue weighted by Crippen LogP contribution is -1.95. The molecule has 4 aromatic rings. The second kappa shape index (κ2) is 6.45. The van der Waals surface area contributed by atoms with Crippen LogP contribution in [-0.4, -0.2) is 19.7 Å². The molecule has 0 radical (unpaired) electrons. The van der Waals surface area contributed by atoms with Crippen LogP contribution in [0, 0.1) is 6.92 Å². The Kier molecular flexibility index (Phi) is 4.01. The SMILES string of the molecule is Cc1nc2ccccc2nc1SCc1ccc(-n2cccn2)cc1. The van der Waals surface area contributed by atoms with Gasteiger partial charge in [-0.1, -0.05) is 36.0 Å². The van der Waals surface area contributed by atoms with E-state index in [1.165, 1.54) is 5.56 Å². The smallest absolute Gasteiger partial charge is 0.118 e. The highest BCUT2D eigenvalue weighted by Gasteiger charge is 2.06. The highest BCUT2D eigenvalue weighted by Crippen LogP contribution is 2.25. The number of aryl methyl sites for hydroxylation is 1. The minimum Gasteiger partial charge on any atom is -0.249 e. The first-order valence-corrected chi connectivity index (χ1v) is 8.73. The topological polar surface area (TPSA) is 43.6 Å². The first kappa shape index (κ1) is 14.9. The minimum absolute atomic E-state index is 0.868. The van der Waals surface area contributed by atoms with Crippen LogP contribution in [0.2, 0.25) is 0 Å². The third kappa shape index (κ3) is 3.03. The van der Waals surface area contributed by atoms with E-state index in [1.807, 2.05) is 48.1 Å². The predicted octanol–water partition coefficient (Wildman–Crippen LogP) is 4.42. The number of aromatic nitrogens is 4. The summed E-state index contributed by atoms with van der Waals surface area (Å²) < 4.78 is 1.86. The molecule has 0 aliphatic rings. The molecule has 2 aromatic heterocycles. The fourth-order valence-corrected chi connectivity index (χ4v) is 3.44. The van der Waals surface area contributed by atoms with Crippen LogP contribution in [0.4, 0.5) is 0 Å². The lowest BCUT2D eigenvalue weighted by Gasteiger charge is -2.07. The van der Waals surface area contributed by atoms with Crippen LogP contribution in [0.15, 0.2) is 72.0 Å². The van der Waals surface area contributed by atoms with Crippen molar-refractivity contribution in [2.24, 2.45) is 0 Å². The molecule has 24 heavy (non-hydrogen) atoms. The molecule has 0 amide bonds. The second-order valence-electron chi connectivity index (χ2n) is 5.51. The lowest BCUT2D eigenvalue weighted by molar-refractivity contribution is 0.880. The second-order valence-corrected chi connectivity index (χ2v) is 6.47. The number of benzene rings is 2. The summed E-state index contributed by atoms with van der Waals surface area (Å²) in [6, 6.07) is 18.3. The van der Waals surface area contributed by atoms with Crippen LogP contribution in [0.1, 0.15) is 11.3 Å². The average Bonchev–Trinajstić information content (AvgIpc) is 3.15. The number of hydrogen-bond acceptors (Lipinski definition) is 4. The van der Waals surface area contributed by atoms with Gasteiger partial charge in [0.2, 0.25) is 0 Å². The van der Waals surface area contributed by atoms with Crippen molar-refractivity contribution in [1.29, 1.82) is 0 Å². The Morgan fingerprint density at radius 1 is 0.917 bits per heavy atom. The number of thioether (sulfide) groups is 1. The van der Waals surface area contributed by atoms with Crippen molar-refractivity contribution in [3.8, 4) is 5.69 Å². The van der Waals surface area contributed by atoms with Gasteiger partial charge in [0.25, 0.3) is 0 Å². The Balaban J connectivity index is 1.51. The zero-order chi connectivity index (χ0) is 16.4. The number of hydrogen-bond donors (Lipinski definition) is 0. The summed E-state index contributed by atoms with van der Waals surface area (Å²) in [4.78, 5) is 9.38. The molecule has 0 bridgehead atoms. The molecular formula is C19H16N4S. The fourth-order valence-electron chi connectivity index (χ4n) is 2.53. The van der Waals surface area contributed by atoms with Gasteiger partial charge in [-0.15, -0.1) is 0 Å². The maximum absolute atomic E-state index is 4.73. The Morgan fingerprint density at radius 3 is 2.38 bits per heavy atom. The van der Waals surface area contributed by atoms with Gasteiger partial charge in [0, 0.05) is 18.1 Å². The highest BCUT2D eigenvalue weighted by molar-refractivity contribution is 7.98.